The van der Waals surface area contributed by atoms with Gasteiger partial charge in [-0.15, -0.1) is 0 Å². The van der Waals surface area contributed by atoms with E-state index >= 15 is 0 Å². The molecule has 3 aromatic rings. The van der Waals surface area contributed by atoms with Crippen molar-refractivity contribution in [3.8, 4) is 11.1 Å². The molecule has 1 aliphatic rings. The quantitative estimate of drug-likeness (QED) is 0.753. The molecule has 0 amide bonds. The summed E-state index contributed by atoms with van der Waals surface area (Å²) in [5.74, 6) is 1.02. The van der Waals surface area contributed by atoms with Crippen LogP contribution in [-0.4, -0.2) is 9.97 Å². The Morgan fingerprint density at radius 1 is 1.04 bits per heavy atom. The van der Waals surface area contributed by atoms with E-state index in [0.29, 0.717) is 33.8 Å². The molecule has 0 saturated heterocycles. The lowest BCUT2D eigenvalue weighted by atomic mass is 10.0. The van der Waals surface area contributed by atoms with Gasteiger partial charge in [-0.3, -0.25) is 4.79 Å². The first-order valence-corrected chi connectivity index (χ1v) is 7.63. The number of benzene rings is 2. The lowest BCUT2D eigenvalue weighted by Crippen LogP contribution is -2.11. The van der Waals surface area contributed by atoms with Gasteiger partial charge in [0.1, 0.15) is 5.82 Å². The summed E-state index contributed by atoms with van der Waals surface area (Å²) in [6.45, 7) is 0. The van der Waals surface area contributed by atoms with Crippen LogP contribution in [0.2, 0.25) is 0 Å². The van der Waals surface area contributed by atoms with Crippen LogP contribution in [0.1, 0.15) is 30.1 Å². The highest BCUT2D eigenvalue weighted by atomic mass is 19.4. The third-order valence-electron chi connectivity index (χ3n) is 4.21. The number of hydrogen-bond donors (Lipinski definition) is 1. The Morgan fingerprint density at radius 2 is 1.79 bits per heavy atom. The van der Waals surface area contributed by atoms with Crippen LogP contribution in [0, 0.1) is 0 Å². The molecule has 1 aliphatic carbocycles. The third-order valence-corrected chi connectivity index (χ3v) is 4.21. The fourth-order valence-electron chi connectivity index (χ4n) is 2.76. The summed E-state index contributed by atoms with van der Waals surface area (Å²) in [5.41, 5.74) is 0.570. The lowest BCUT2D eigenvalue weighted by molar-refractivity contribution is -0.137. The second kappa shape index (κ2) is 5.19. The van der Waals surface area contributed by atoms with Gasteiger partial charge in [-0.25, -0.2) is 4.98 Å². The van der Waals surface area contributed by atoms with Crippen molar-refractivity contribution in [1.82, 2.24) is 9.97 Å². The van der Waals surface area contributed by atoms with Crippen LogP contribution in [0.4, 0.5) is 13.2 Å². The molecule has 0 spiro atoms. The summed E-state index contributed by atoms with van der Waals surface area (Å²) in [6.07, 6.45) is -2.35. The second-order valence-electron chi connectivity index (χ2n) is 6.04. The van der Waals surface area contributed by atoms with E-state index in [4.69, 9.17) is 0 Å². The number of aromatic nitrogens is 2. The Labute approximate surface area is 135 Å². The van der Waals surface area contributed by atoms with E-state index in [1.165, 1.54) is 6.07 Å². The molecule has 0 bridgehead atoms. The zero-order valence-corrected chi connectivity index (χ0v) is 12.5. The van der Waals surface area contributed by atoms with E-state index in [-0.39, 0.29) is 5.56 Å². The highest BCUT2D eigenvalue weighted by Crippen LogP contribution is 2.38. The van der Waals surface area contributed by atoms with Crippen molar-refractivity contribution in [3.63, 3.8) is 0 Å². The lowest BCUT2D eigenvalue weighted by Gasteiger charge is -2.09. The van der Waals surface area contributed by atoms with Gasteiger partial charge in [-0.2, -0.15) is 13.2 Å². The minimum absolute atomic E-state index is 0.254. The highest BCUT2D eigenvalue weighted by Gasteiger charge is 2.30. The average molecular weight is 330 g/mol. The van der Waals surface area contributed by atoms with E-state index < -0.39 is 11.7 Å². The first-order chi connectivity index (χ1) is 11.4. The number of hydrogen-bond acceptors (Lipinski definition) is 2. The van der Waals surface area contributed by atoms with Crippen molar-refractivity contribution in [3.05, 3.63) is 64.2 Å². The van der Waals surface area contributed by atoms with Gasteiger partial charge in [0.2, 0.25) is 0 Å². The molecule has 0 atom stereocenters. The predicted molar refractivity (Wildman–Crippen MR) is 84.8 cm³/mol. The van der Waals surface area contributed by atoms with E-state index in [1.807, 2.05) is 0 Å². The Morgan fingerprint density at radius 3 is 2.50 bits per heavy atom. The van der Waals surface area contributed by atoms with Crippen molar-refractivity contribution in [1.29, 1.82) is 0 Å². The Hall–Kier alpha value is -2.63. The number of nitrogens with zero attached hydrogens (tertiary/aromatic N) is 1. The Balaban J connectivity index is 1.82. The molecule has 122 valence electrons. The third kappa shape index (κ3) is 2.68. The molecule has 1 N–H and O–H groups in total. The summed E-state index contributed by atoms with van der Waals surface area (Å²) in [4.78, 5) is 19.5. The van der Waals surface area contributed by atoms with Gasteiger partial charge in [0, 0.05) is 5.92 Å². The van der Waals surface area contributed by atoms with Gasteiger partial charge in [-0.1, -0.05) is 18.2 Å². The SMILES string of the molecule is O=c1[nH]c(C2CC2)nc2ccc(-c3cccc(C(F)(F)F)c3)cc12. The molecule has 6 heteroatoms. The van der Waals surface area contributed by atoms with Gasteiger partial charge >= 0.3 is 6.18 Å². The number of rotatable bonds is 2. The van der Waals surface area contributed by atoms with Gasteiger partial charge in [0.25, 0.3) is 5.56 Å². The standard InChI is InChI=1S/C18H13F3N2O/c19-18(20,21)13-3-1-2-11(8-13)12-6-7-15-14(9-12)17(24)23-16(22-15)10-4-5-10/h1-3,6-10H,4-5H2,(H,22,23,24). The number of aromatic amines is 1. The van der Waals surface area contributed by atoms with Crippen molar-refractivity contribution in [2.24, 2.45) is 0 Å². The van der Waals surface area contributed by atoms with E-state index in [0.717, 1.165) is 25.0 Å². The molecule has 4 rings (SSSR count). The minimum Gasteiger partial charge on any atom is -0.310 e. The van der Waals surface area contributed by atoms with Crippen molar-refractivity contribution in [2.45, 2.75) is 24.9 Å². The Kier molecular flexibility index (Phi) is 3.23. The van der Waals surface area contributed by atoms with Crippen LogP contribution in [0.15, 0.2) is 47.3 Å². The van der Waals surface area contributed by atoms with Gasteiger partial charge < -0.3 is 4.98 Å². The van der Waals surface area contributed by atoms with Crippen LogP contribution in [0.25, 0.3) is 22.0 Å². The van der Waals surface area contributed by atoms with Crippen LogP contribution in [0.3, 0.4) is 0 Å². The van der Waals surface area contributed by atoms with Gasteiger partial charge in [-0.05, 0) is 48.2 Å². The summed E-state index contributed by atoms with van der Waals surface area (Å²) < 4.78 is 38.6. The summed E-state index contributed by atoms with van der Waals surface area (Å²) in [6, 6.07) is 10.0. The van der Waals surface area contributed by atoms with E-state index in [1.54, 1.807) is 24.3 Å². The first-order valence-electron chi connectivity index (χ1n) is 7.63. The highest BCUT2D eigenvalue weighted by molar-refractivity contribution is 5.83. The van der Waals surface area contributed by atoms with Crippen LogP contribution < -0.4 is 5.56 Å². The number of fused-ring (bicyclic) bond motifs is 1. The smallest absolute Gasteiger partial charge is 0.310 e. The summed E-state index contributed by atoms with van der Waals surface area (Å²) >= 11 is 0. The van der Waals surface area contributed by atoms with Crippen LogP contribution >= 0.6 is 0 Å². The van der Waals surface area contributed by atoms with Gasteiger partial charge in [0.15, 0.2) is 0 Å². The summed E-state index contributed by atoms with van der Waals surface area (Å²) in [5, 5.41) is 0.384. The number of H-pyrrole nitrogens is 1. The molecule has 24 heavy (non-hydrogen) atoms. The fourth-order valence-corrected chi connectivity index (χ4v) is 2.76. The molecule has 1 saturated carbocycles. The van der Waals surface area contributed by atoms with Crippen molar-refractivity contribution >= 4 is 10.9 Å². The number of alkyl halides is 3. The fraction of sp³-hybridized carbons (Fsp3) is 0.222. The largest absolute Gasteiger partial charge is 0.416 e. The number of nitrogens with one attached hydrogen (secondary N) is 1. The van der Waals surface area contributed by atoms with Crippen molar-refractivity contribution < 1.29 is 13.2 Å². The van der Waals surface area contributed by atoms with Crippen LogP contribution in [-0.2, 0) is 6.18 Å². The maximum absolute atomic E-state index is 12.9. The molecule has 1 heterocycles. The second-order valence-corrected chi connectivity index (χ2v) is 6.04. The molecule has 1 aromatic heterocycles. The molecular formula is C18H13F3N2O. The molecule has 3 nitrogen and oxygen atoms in total. The average Bonchev–Trinajstić information content (AvgIpc) is 3.39. The van der Waals surface area contributed by atoms with E-state index in [9.17, 15) is 18.0 Å². The molecule has 0 unspecified atom stereocenters. The predicted octanol–water partition coefficient (Wildman–Crippen LogP) is 4.49. The van der Waals surface area contributed by atoms with Gasteiger partial charge in [0.05, 0.1) is 16.5 Å². The topological polar surface area (TPSA) is 45.8 Å². The maximum Gasteiger partial charge on any atom is 0.416 e. The zero-order chi connectivity index (χ0) is 16.9. The number of halogens is 3. The molecule has 2 aromatic carbocycles. The molecule has 0 aliphatic heterocycles. The summed E-state index contributed by atoms with van der Waals surface area (Å²) in [7, 11) is 0. The van der Waals surface area contributed by atoms with Crippen LogP contribution in [0.5, 0.6) is 0 Å². The Bertz CT molecular complexity index is 987. The van der Waals surface area contributed by atoms with Crippen molar-refractivity contribution in [2.75, 3.05) is 0 Å². The molecule has 0 radical (unpaired) electrons. The zero-order valence-electron chi connectivity index (χ0n) is 12.5. The maximum atomic E-state index is 12.9. The minimum atomic E-state index is -4.40. The monoisotopic (exact) mass is 330 g/mol. The molecule has 1 fully saturated rings. The normalized spacial score (nSPS) is 15.0. The first kappa shape index (κ1) is 14.9. The molecular weight excluding hydrogens is 317 g/mol. The van der Waals surface area contributed by atoms with E-state index in [2.05, 4.69) is 9.97 Å².